The number of anilines is 2. The van der Waals surface area contributed by atoms with Gasteiger partial charge in [0.1, 0.15) is 17.3 Å². The van der Waals surface area contributed by atoms with Crippen LogP contribution in [0, 0.1) is 0 Å². The number of nitrogens with one attached hydrogen (secondary N) is 2. The van der Waals surface area contributed by atoms with Crippen LogP contribution in [0.5, 0.6) is 5.75 Å². The number of nitrogens with zero attached hydrogens (tertiary/aromatic N) is 2. The molecule has 0 unspecified atom stereocenters. The first kappa shape index (κ1) is 15.5. The van der Waals surface area contributed by atoms with E-state index in [2.05, 4.69) is 20.8 Å². The van der Waals surface area contributed by atoms with Gasteiger partial charge in [-0.2, -0.15) is 0 Å². The molecule has 122 valence electrons. The molecule has 24 heavy (non-hydrogen) atoms. The van der Waals surface area contributed by atoms with Gasteiger partial charge in [-0.1, -0.05) is 0 Å². The van der Waals surface area contributed by atoms with Gasteiger partial charge in [0.2, 0.25) is 0 Å². The number of amides is 1. The van der Waals surface area contributed by atoms with Crippen molar-refractivity contribution in [3.63, 3.8) is 0 Å². The summed E-state index contributed by atoms with van der Waals surface area (Å²) in [6.07, 6.45) is 1.61. The Balaban J connectivity index is 1.57. The number of carbonyl (C=O) groups is 1. The third-order valence-corrected chi connectivity index (χ3v) is 3.28. The van der Waals surface area contributed by atoms with Crippen molar-refractivity contribution in [3.8, 4) is 5.75 Å². The van der Waals surface area contributed by atoms with Gasteiger partial charge in [0.25, 0.3) is 5.91 Å². The molecule has 0 spiro atoms. The van der Waals surface area contributed by atoms with Crippen molar-refractivity contribution in [2.45, 2.75) is 6.54 Å². The molecule has 0 aliphatic heterocycles. The van der Waals surface area contributed by atoms with Gasteiger partial charge < -0.3 is 19.8 Å². The molecule has 0 radical (unpaired) electrons. The average molecular weight is 324 g/mol. The van der Waals surface area contributed by atoms with Crippen LogP contribution in [0.4, 0.5) is 11.6 Å². The van der Waals surface area contributed by atoms with Gasteiger partial charge in [-0.25, -0.2) is 0 Å². The number of hydrogen-bond donors (Lipinski definition) is 2. The second kappa shape index (κ2) is 7.28. The molecule has 0 aliphatic rings. The minimum atomic E-state index is -0.261. The number of rotatable bonds is 6. The minimum Gasteiger partial charge on any atom is -0.497 e. The fourth-order valence-electron chi connectivity index (χ4n) is 2.01. The fraction of sp³-hybridized carbons (Fsp3) is 0.118. The van der Waals surface area contributed by atoms with E-state index in [1.165, 1.54) is 0 Å². The average Bonchev–Trinajstić information content (AvgIpc) is 3.15. The number of carbonyl (C=O) groups excluding carboxylic acids is 1. The molecule has 7 heteroatoms. The maximum Gasteiger partial charge on any atom is 0.256 e. The number of methoxy groups -OCH3 is 1. The predicted octanol–water partition coefficient (Wildman–Crippen LogP) is 2.94. The summed E-state index contributed by atoms with van der Waals surface area (Å²) in [4.78, 5) is 12.1. The minimum absolute atomic E-state index is 0.261. The lowest BCUT2D eigenvalue weighted by atomic mass is 10.2. The van der Waals surface area contributed by atoms with Crippen LogP contribution < -0.4 is 15.4 Å². The predicted molar refractivity (Wildman–Crippen MR) is 89.0 cm³/mol. The lowest BCUT2D eigenvalue weighted by Gasteiger charge is -2.06. The Morgan fingerprint density at radius 1 is 1.08 bits per heavy atom. The van der Waals surface area contributed by atoms with Crippen molar-refractivity contribution in [2.24, 2.45) is 0 Å². The van der Waals surface area contributed by atoms with Gasteiger partial charge in [0.15, 0.2) is 5.82 Å². The first-order valence-electron chi connectivity index (χ1n) is 7.30. The number of furan rings is 1. The Bertz CT molecular complexity index is 784. The molecule has 2 heterocycles. The van der Waals surface area contributed by atoms with Gasteiger partial charge in [0.05, 0.1) is 19.9 Å². The summed E-state index contributed by atoms with van der Waals surface area (Å²) < 4.78 is 10.3. The second-order valence-corrected chi connectivity index (χ2v) is 4.92. The van der Waals surface area contributed by atoms with Crippen molar-refractivity contribution in [1.29, 1.82) is 0 Å². The molecule has 7 nitrogen and oxygen atoms in total. The van der Waals surface area contributed by atoms with Gasteiger partial charge in [-0.3, -0.25) is 4.79 Å². The van der Waals surface area contributed by atoms with E-state index in [4.69, 9.17) is 9.15 Å². The molecular weight excluding hydrogens is 308 g/mol. The summed E-state index contributed by atoms with van der Waals surface area (Å²) in [6, 6.07) is 13.9. The molecule has 2 aromatic heterocycles. The van der Waals surface area contributed by atoms with E-state index in [9.17, 15) is 4.79 Å². The first-order chi connectivity index (χ1) is 11.7. The highest BCUT2D eigenvalue weighted by atomic mass is 16.5. The highest BCUT2D eigenvalue weighted by molar-refractivity contribution is 6.03. The summed E-state index contributed by atoms with van der Waals surface area (Å²) in [5.41, 5.74) is 0.512. The molecular formula is C17H16N4O3. The number of ether oxygens (including phenoxy) is 1. The van der Waals surface area contributed by atoms with Crippen LogP contribution in [0.2, 0.25) is 0 Å². The van der Waals surface area contributed by atoms with Crippen LogP contribution in [-0.4, -0.2) is 23.2 Å². The van der Waals surface area contributed by atoms with Crippen molar-refractivity contribution in [1.82, 2.24) is 10.2 Å². The Hall–Kier alpha value is -3.35. The molecule has 1 aromatic carbocycles. The van der Waals surface area contributed by atoms with Crippen molar-refractivity contribution >= 4 is 17.5 Å². The fourth-order valence-corrected chi connectivity index (χ4v) is 2.01. The molecule has 2 N–H and O–H groups in total. The van der Waals surface area contributed by atoms with E-state index < -0.39 is 0 Å². The normalized spacial score (nSPS) is 10.2. The Kier molecular flexibility index (Phi) is 4.71. The number of aromatic nitrogens is 2. The van der Waals surface area contributed by atoms with E-state index >= 15 is 0 Å². The van der Waals surface area contributed by atoms with Crippen LogP contribution in [0.3, 0.4) is 0 Å². The molecule has 0 fully saturated rings. The third-order valence-electron chi connectivity index (χ3n) is 3.28. The topological polar surface area (TPSA) is 89.3 Å². The van der Waals surface area contributed by atoms with Crippen molar-refractivity contribution < 1.29 is 13.9 Å². The van der Waals surface area contributed by atoms with E-state index in [0.717, 1.165) is 5.76 Å². The number of hydrogen-bond acceptors (Lipinski definition) is 6. The number of benzene rings is 1. The van der Waals surface area contributed by atoms with Crippen LogP contribution in [0.25, 0.3) is 0 Å². The van der Waals surface area contributed by atoms with Crippen LogP contribution in [0.15, 0.2) is 59.2 Å². The summed E-state index contributed by atoms with van der Waals surface area (Å²) in [5.74, 6) is 2.20. The van der Waals surface area contributed by atoms with Gasteiger partial charge in [-0.15, -0.1) is 10.2 Å². The van der Waals surface area contributed by atoms with E-state index in [1.54, 1.807) is 49.8 Å². The van der Waals surface area contributed by atoms with Crippen LogP contribution >= 0.6 is 0 Å². The van der Waals surface area contributed by atoms with Crippen LogP contribution in [0.1, 0.15) is 16.1 Å². The molecule has 0 aliphatic carbocycles. The highest BCUT2D eigenvalue weighted by Crippen LogP contribution is 2.13. The maximum atomic E-state index is 12.1. The SMILES string of the molecule is COc1ccc(C(=O)Nc2ccc(NCc3ccco3)nn2)cc1. The quantitative estimate of drug-likeness (QED) is 0.724. The van der Waals surface area contributed by atoms with Gasteiger partial charge in [-0.05, 0) is 48.5 Å². The second-order valence-electron chi connectivity index (χ2n) is 4.92. The largest absolute Gasteiger partial charge is 0.497 e. The highest BCUT2D eigenvalue weighted by Gasteiger charge is 2.07. The molecule has 1 amide bonds. The standard InChI is InChI=1S/C17H16N4O3/c1-23-13-6-4-12(5-7-13)17(22)19-16-9-8-15(20-21-16)18-11-14-3-2-10-24-14/h2-10H,11H2,1H3,(H,18,20)(H,19,21,22). The monoisotopic (exact) mass is 324 g/mol. The molecule has 0 saturated carbocycles. The van der Waals surface area contributed by atoms with Crippen molar-refractivity contribution in [3.05, 3.63) is 66.1 Å². The Morgan fingerprint density at radius 2 is 1.83 bits per heavy atom. The zero-order valence-electron chi connectivity index (χ0n) is 13.0. The maximum absolute atomic E-state index is 12.1. The molecule has 3 rings (SSSR count). The zero-order valence-corrected chi connectivity index (χ0v) is 13.0. The third kappa shape index (κ3) is 3.89. The summed E-state index contributed by atoms with van der Waals surface area (Å²) in [7, 11) is 1.58. The van der Waals surface area contributed by atoms with E-state index in [1.807, 2.05) is 12.1 Å². The molecule has 0 bridgehead atoms. The summed E-state index contributed by atoms with van der Waals surface area (Å²) in [5, 5.41) is 13.8. The van der Waals surface area contributed by atoms with Gasteiger partial charge >= 0.3 is 0 Å². The Morgan fingerprint density at radius 3 is 2.46 bits per heavy atom. The summed E-state index contributed by atoms with van der Waals surface area (Å²) in [6.45, 7) is 0.513. The van der Waals surface area contributed by atoms with E-state index in [-0.39, 0.29) is 5.91 Å². The lowest BCUT2D eigenvalue weighted by Crippen LogP contribution is -2.13. The van der Waals surface area contributed by atoms with E-state index in [0.29, 0.717) is 29.5 Å². The molecule has 0 saturated heterocycles. The Labute approximate surface area is 138 Å². The first-order valence-corrected chi connectivity index (χ1v) is 7.30. The molecule has 3 aromatic rings. The summed E-state index contributed by atoms with van der Waals surface area (Å²) >= 11 is 0. The van der Waals surface area contributed by atoms with Gasteiger partial charge in [0, 0.05) is 5.56 Å². The smallest absolute Gasteiger partial charge is 0.256 e. The zero-order chi connectivity index (χ0) is 16.8. The van der Waals surface area contributed by atoms with Crippen molar-refractivity contribution in [2.75, 3.05) is 17.7 Å². The lowest BCUT2D eigenvalue weighted by molar-refractivity contribution is 0.102. The molecule has 0 atom stereocenters. The van der Waals surface area contributed by atoms with Crippen LogP contribution in [-0.2, 0) is 6.54 Å².